The first kappa shape index (κ1) is 17.8. The number of thiazole rings is 1. The maximum atomic E-state index is 13.1. The Balaban J connectivity index is 1.54. The van der Waals surface area contributed by atoms with E-state index in [1.807, 2.05) is 18.2 Å². The predicted octanol–water partition coefficient (Wildman–Crippen LogP) is 3.03. The van der Waals surface area contributed by atoms with Gasteiger partial charge < -0.3 is 14.1 Å². The minimum atomic E-state index is -0.275. The summed E-state index contributed by atoms with van der Waals surface area (Å²) in [6.07, 6.45) is 2.95. The molecule has 0 N–H and O–H groups in total. The largest absolute Gasteiger partial charge is 0.423 e. The lowest BCUT2D eigenvalue weighted by molar-refractivity contribution is 0.0678. The molecule has 1 amide bonds. The smallest absolute Gasteiger partial charge is 0.266 e. The van der Waals surface area contributed by atoms with Crippen molar-refractivity contribution >= 4 is 17.2 Å². The van der Waals surface area contributed by atoms with Gasteiger partial charge in [0.1, 0.15) is 10.9 Å². The Hall–Kier alpha value is -2.58. The number of likely N-dealkylation sites (tertiary alicyclic amines) is 1. The summed E-state index contributed by atoms with van der Waals surface area (Å²) < 4.78 is 11.1. The van der Waals surface area contributed by atoms with Crippen molar-refractivity contribution in [2.24, 2.45) is 0 Å². The second kappa shape index (κ2) is 7.58. The van der Waals surface area contributed by atoms with Crippen molar-refractivity contribution in [1.29, 1.82) is 0 Å². The van der Waals surface area contributed by atoms with E-state index >= 15 is 0 Å². The third-order valence-electron chi connectivity index (χ3n) is 4.65. The summed E-state index contributed by atoms with van der Waals surface area (Å²) in [4.78, 5) is 19.9. The van der Waals surface area contributed by atoms with Crippen LogP contribution in [-0.4, -0.2) is 45.7 Å². The van der Waals surface area contributed by atoms with Crippen LogP contribution in [0.4, 0.5) is 0 Å². The Labute approximate surface area is 161 Å². The molecule has 0 aliphatic carbocycles. The number of hydrogen-bond acceptors (Lipinski definition) is 7. The fraction of sp³-hybridized carbons (Fsp3) is 0.368. The van der Waals surface area contributed by atoms with Gasteiger partial charge in [0.05, 0.1) is 17.3 Å². The monoisotopic (exact) mass is 384 g/mol. The molecule has 0 bridgehead atoms. The molecule has 0 radical (unpaired) electrons. The molecule has 1 aromatic carbocycles. The summed E-state index contributed by atoms with van der Waals surface area (Å²) in [5.41, 5.74) is 1.17. The highest BCUT2D eigenvalue weighted by Crippen LogP contribution is 2.34. The number of methoxy groups -OCH3 is 1. The number of amides is 1. The van der Waals surface area contributed by atoms with Crippen LogP contribution in [0.3, 0.4) is 0 Å². The van der Waals surface area contributed by atoms with E-state index < -0.39 is 0 Å². The van der Waals surface area contributed by atoms with E-state index in [1.54, 1.807) is 25.1 Å². The first-order chi connectivity index (χ1) is 13.1. The van der Waals surface area contributed by atoms with Crippen LogP contribution in [0.1, 0.15) is 44.5 Å². The van der Waals surface area contributed by atoms with Gasteiger partial charge in [0.2, 0.25) is 11.8 Å². The van der Waals surface area contributed by atoms with Gasteiger partial charge in [-0.3, -0.25) is 4.79 Å². The van der Waals surface area contributed by atoms with E-state index in [2.05, 4.69) is 27.3 Å². The summed E-state index contributed by atoms with van der Waals surface area (Å²) in [6.45, 7) is 2.23. The van der Waals surface area contributed by atoms with Gasteiger partial charge in [-0.1, -0.05) is 30.3 Å². The van der Waals surface area contributed by atoms with Crippen LogP contribution in [-0.2, 0) is 11.2 Å². The fourth-order valence-electron chi connectivity index (χ4n) is 3.28. The number of aromatic nitrogens is 3. The number of rotatable bonds is 5. The SMILES string of the molecule is CO[C@@H]1C[C@H](c2nnc(C)o2)N(C(=O)c2cnc(Cc3ccccc3)s2)C1. The molecule has 2 aromatic heterocycles. The quantitative estimate of drug-likeness (QED) is 0.673. The zero-order valence-electron chi connectivity index (χ0n) is 15.2. The molecule has 27 heavy (non-hydrogen) atoms. The van der Waals surface area contributed by atoms with Crippen LogP contribution in [0.2, 0.25) is 0 Å². The Morgan fingerprint density at radius 3 is 2.85 bits per heavy atom. The Morgan fingerprint density at radius 2 is 2.15 bits per heavy atom. The number of aryl methyl sites for hydroxylation is 1. The second-order valence-electron chi connectivity index (χ2n) is 6.51. The van der Waals surface area contributed by atoms with Crippen molar-refractivity contribution in [3.63, 3.8) is 0 Å². The number of ether oxygens (including phenoxy) is 1. The van der Waals surface area contributed by atoms with Crippen molar-refractivity contribution in [3.05, 3.63) is 63.8 Å². The highest BCUT2D eigenvalue weighted by atomic mass is 32.1. The molecule has 3 heterocycles. The minimum absolute atomic E-state index is 0.0529. The van der Waals surface area contributed by atoms with E-state index in [9.17, 15) is 4.79 Å². The standard InChI is InChI=1S/C19H20N4O3S/c1-12-21-22-18(26-12)15-9-14(25-2)11-23(15)19(24)16-10-20-17(27-16)8-13-6-4-3-5-7-13/h3-7,10,14-15H,8-9,11H2,1-2H3/t14-,15-/m1/s1. The van der Waals surface area contributed by atoms with Crippen LogP contribution in [0.25, 0.3) is 0 Å². The molecular formula is C19H20N4O3S. The lowest BCUT2D eigenvalue weighted by atomic mass is 10.2. The van der Waals surface area contributed by atoms with Gasteiger partial charge in [-0.25, -0.2) is 4.98 Å². The third-order valence-corrected chi connectivity index (χ3v) is 5.63. The Kier molecular flexibility index (Phi) is 5.00. The summed E-state index contributed by atoms with van der Waals surface area (Å²) in [7, 11) is 1.65. The van der Waals surface area contributed by atoms with E-state index in [0.29, 0.717) is 36.0 Å². The second-order valence-corrected chi connectivity index (χ2v) is 7.62. The Morgan fingerprint density at radius 1 is 1.33 bits per heavy atom. The lowest BCUT2D eigenvalue weighted by Gasteiger charge is -2.20. The first-order valence-corrected chi connectivity index (χ1v) is 9.58. The zero-order chi connectivity index (χ0) is 18.8. The van der Waals surface area contributed by atoms with Gasteiger partial charge in [0.15, 0.2) is 0 Å². The van der Waals surface area contributed by atoms with Crippen LogP contribution in [0, 0.1) is 6.92 Å². The van der Waals surface area contributed by atoms with Crippen molar-refractivity contribution in [2.75, 3.05) is 13.7 Å². The molecule has 0 spiro atoms. The highest BCUT2D eigenvalue weighted by Gasteiger charge is 2.40. The van der Waals surface area contributed by atoms with Gasteiger partial charge in [0, 0.05) is 33.4 Å². The van der Waals surface area contributed by atoms with E-state index in [4.69, 9.17) is 9.15 Å². The molecule has 140 valence electrons. The molecule has 1 aliphatic rings. The van der Waals surface area contributed by atoms with Crippen LogP contribution < -0.4 is 0 Å². The molecule has 1 aliphatic heterocycles. The van der Waals surface area contributed by atoms with Gasteiger partial charge >= 0.3 is 0 Å². The lowest BCUT2D eigenvalue weighted by Crippen LogP contribution is -2.31. The molecule has 7 nitrogen and oxygen atoms in total. The zero-order valence-corrected chi connectivity index (χ0v) is 16.0. The molecule has 1 saturated heterocycles. The average Bonchev–Trinajstić information content (AvgIpc) is 3.41. The summed E-state index contributed by atoms with van der Waals surface area (Å²) in [5.74, 6) is 0.864. The number of hydrogen-bond donors (Lipinski definition) is 0. The van der Waals surface area contributed by atoms with Crippen LogP contribution in [0.5, 0.6) is 0 Å². The number of carbonyl (C=O) groups excluding carboxylic acids is 1. The molecule has 8 heteroatoms. The van der Waals surface area contributed by atoms with Crippen LogP contribution >= 0.6 is 11.3 Å². The molecule has 4 rings (SSSR count). The number of carbonyl (C=O) groups is 1. The van der Waals surface area contributed by atoms with E-state index in [0.717, 1.165) is 5.01 Å². The maximum absolute atomic E-state index is 13.1. The maximum Gasteiger partial charge on any atom is 0.266 e. The van der Waals surface area contributed by atoms with Crippen molar-refractivity contribution in [3.8, 4) is 0 Å². The van der Waals surface area contributed by atoms with Gasteiger partial charge in [0.25, 0.3) is 5.91 Å². The minimum Gasteiger partial charge on any atom is -0.423 e. The van der Waals surface area contributed by atoms with E-state index in [1.165, 1.54) is 16.9 Å². The van der Waals surface area contributed by atoms with E-state index in [-0.39, 0.29) is 18.1 Å². The van der Waals surface area contributed by atoms with Crippen LogP contribution in [0.15, 0.2) is 40.9 Å². The Bertz CT molecular complexity index is 924. The summed E-state index contributed by atoms with van der Waals surface area (Å²) in [6, 6.07) is 9.82. The molecular weight excluding hydrogens is 364 g/mol. The number of benzene rings is 1. The van der Waals surface area contributed by atoms with Crippen molar-refractivity contribution in [2.45, 2.75) is 31.9 Å². The van der Waals surface area contributed by atoms with Gasteiger partial charge in [-0.15, -0.1) is 21.5 Å². The molecule has 3 aromatic rings. The fourth-order valence-corrected chi connectivity index (χ4v) is 4.18. The topological polar surface area (TPSA) is 81.4 Å². The van der Waals surface area contributed by atoms with Gasteiger partial charge in [-0.05, 0) is 5.56 Å². The molecule has 1 fully saturated rings. The normalized spacial score (nSPS) is 19.6. The van der Waals surface area contributed by atoms with Crippen molar-refractivity contribution < 1.29 is 13.9 Å². The highest BCUT2D eigenvalue weighted by molar-refractivity contribution is 7.13. The third kappa shape index (κ3) is 3.77. The number of nitrogens with zero attached hydrogens (tertiary/aromatic N) is 4. The molecule has 2 atom stereocenters. The summed E-state index contributed by atoms with van der Waals surface area (Å²) >= 11 is 1.42. The van der Waals surface area contributed by atoms with Gasteiger partial charge in [-0.2, -0.15) is 0 Å². The van der Waals surface area contributed by atoms with Crippen molar-refractivity contribution in [1.82, 2.24) is 20.1 Å². The first-order valence-electron chi connectivity index (χ1n) is 8.76. The molecule has 0 unspecified atom stereocenters. The average molecular weight is 384 g/mol. The summed E-state index contributed by atoms with van der Waals surface area (Å²) in [5, 5.41) is 8.91. The molecule has 0 saturated carbocycles. The predicted molar refractivity (Wildman–Crippen MR) is 99.6 cm³/mol.